The van der Waals surface area contributed by atoms with Crippen LogP contribution in [0.25, 0.3) is 0 Å². The predicted molar refractivity (Wildman–Crippen MR) is 73.9 cm³/mol. The van der Waals surface area contributed by atoms with Gasteiger partial charge in [0.1, 0.15) is 0 Å². The fraction of sp³-hybridized carbons (Fsp3) is 0.636. The van der Waals surface area contributed by atoms with Crippen molar-refractivity contribution in [2.75, 3.05) is 19.7 Å². The maximum absolute atomic E-state index is 12.6. The molecule has 1 aromatic heterocycles. The highest BCUT2D eigenvalue weighted by Crippen LogP contribution is 2.29. The lowest BCUT2D eigenvalue weighted by molar-refractivity contribution is -0.131. The fourth-order valence-electron chi connectivity index (χ4n) is 2.20. The molecule has 10 heteroatoms. The van der Waals surface area contributed by atoms with E-state index in [2.05, 4.69) is 4.98 Å². The number of carboxylic acids is 1. The Hall–Kier alpha value is -1.07. The summed E-state index contributed by atoms with van der Waals surface area (Å²) < 4.78 is 31.6. The Labute approximate surface area is 126 Å². The van der Waals surface area contributed by atoms with Crippen LogP contribution in [-0.4, -0.2) is 65.3 Å². The number of rotatable bonds is 4. The molecule has 21 heavy (non-hydrogen) atoms. The van der Waals surface area contributed by atoms with Crippen molar-refractivity contribution in [3.63, 3.8) is 0 Å². The van der Waals surface area contributed by atoms with Crippen molar-refractivity contribution in [1.82, 2.24) is 9.29 Å². The van der Waals surface area contributed by atoms with E-state index in [1.807, 2.05) is 0 Å². The van der Waals surface area contributed by atoms with Crippen LogP contribution in [0.3, 0.4) is 0 Å². The first-order chi connectivity index (χ1) is 9.67. The zero-order chi connectivity index (χ0) is 15.8. The van der Waals surface area contributed by atoms with Crippen LogP contribution in [0.15, 0.2) is 9.72 Å². The zero-order valence-corrected chi connectivity index (χ0v) is 13.1. The number of hydrogen-bond donors (Lipinski definition) is 2. The average Bonchev–Trinajstić information content (AvgIpc) is 2.86. The summed E-state index contributed by atoms with van der Waals surface area (Å²) in [5.41, 5.74) is -0.0667. The van der Waals surface area contributed by atoms with Crippen molar-refractivity contribution < 1.29 is 28.2 Å². The second-order valence-electron chi connectivity index (χ2n) is 5.27. The van der Waals surface area contributed by atoms with Gasteiger partial charge in [-0.25, -0.2) is 18.2 Å². The van der Waals surface area contributed by atoms with Crippen LogP contribution in [0.5, 0.6) is 0 Å². The number of carbonyl (C=O) groups is 1. The lowest BCUT2D eigenvalue weighted by Crippen LogP contribution is -2.55. The average molecular weight is 336 g/mol. The molecule has 0 saturated carbocycles. The van der Waals surface area contributed by atoms with E-state index in [0.29, 0.717) is 0 Å². The highest BCUT2D eigenvalue weighted by atomic mass is 32.2. The van der Waals surface area contributed by atoms with Crippen molar-refractivity contribution in [3.8, 4) is 0 Å². The minimum atomic E-state index is -3.99. The number of aromatic nitrogens is 1. The number of carboxylic acid groups (broad SMARTS) is 1. The van der Waals surface area contributed by atoms with Gasteiger partial charge in [0.05, 0.1) is 23.8 Å². The third-order valence-corrected chi connectivity index (χ3v) is 6.12. The van der Waals surface area contributed by atoms with E-state index in [-0.39, 0.29) is 23.9 Å². The fourth-order valence-corrected chi connectivity index (χ4v) is 5.10. The molecule has 2 rings (SSSR count). The summed E-state index contributed by atoms with van der Waals surface area (Å²) in [6.45, 7) is 3.15. The predicted octanol–water partition coefficient (Wildman–Crippen LogP) is 0.00170. The second kappa shape index (κ2) is 5.61. The van der Waals surface area contributed by atoms with Crippen LogP contribution in [-0.2, 0) is 14.8 Å². The quantitative estimate of drug-likeness (QED) is 0.795. The molecule has 1 fully saturated rings. The Balaban J connectivity index is 2.39. The molecular weight excluding hydrogens is 320 g/mol. The summed E-state index contributed by atoms with van der Waals surface area (Å²) in [6.07, 6.45) is -0.648. The van der Waals surface area contributed by atoms with Gasteiger partial charge in [-0.3, -0.25) is 0 Å². The molecule has 1 unspecified atom stereocenters. The van der Waals surface area contributed by atoms with E-state index in [1.165, 1.54) is 5.51 Å². The van der Waals surface area contributed by atoms with Crippen LogP contribution in [0.2, 0.25) is 0 Å². The second-order valence-corrected chi connectivity index (χ2v) is 8.26. The van der Waals surface area contributed by atoms with Gasteiger partial charge in [-0.2, -0.15) is 4.31 Å². The van der Waals surface area contributed by atoms with E-state index < -0.39 is 33.4 Å². The molecule has 2 N–H and O–H groups in total. The van der Waals surface area contributed by atoms with Crippen LogP contribution < -0.4 is 0 Å². The Morgan fingerprint density at radius 1 is 1.62 bits per heavy atom. The lowest BCUT2D eigenvalue weighted by Gasteiger charge is -2.41. The van der Waals surface area contributed by atoms with E-state index in [4.69, 9.17) is 9.84 Å². The first-order valence-corrected chi connectivity index (χ1v) is 8.45. The third-order valence-electron chi connectivity index (χ3n) is 2.97. The van der Waals surface area contributed by atoms with Crippen molar-refractivity contribution in [2.24, 2.45) is 0 Å². The largest absolute Gasteiger partial charge is 0.476 e. The molecular formula is C11H16N2O6S2. The van der Waals surface area contributed by atoms with Crippen LogP contribution in [0.4, 0.5) is 0 Å². The molecule has 0 aliphatic carbocycles. The molecule has 118 valence electrons. The third kappa shape index (κ3) is 3.24. The van der Waals surface area contributed by atoms with Gasteiger partial charge in [0.2, 0.25) is 0 Å². The zero-order valence-electron chi connectivity index (χ0n) is 11.5. The number of aliphatic hydroxyl groups excluding tert-OH is 1. The summed E-state index contributed by atoms with van der Waals surface area (Å²) in [4.78, 5) is 14.6. The number of aliphatic hydroxyl groups is 1. The van der Waals surface area contributed by atoms with Crippen molar-refractivity contribution >= 4 is 27.3 Å². The molecule has 1 aliphatic rings. The Bertz CT molecular complexity index is 639. The topological polar surface area (TPSA) is 117 Å². The summed E-state index contributed by atoms with van der Waals surface area (Å²) in [7, 11) is -3.99. The van der Waals surface area contributed by atoms with Crippen LogP contribution in [0, 0.1) is 0 Å². The molecule has 1 aromatic rings. The Morgan fingerprint density at radius 3 is 2.86 bits per heavy atom. The Kier molecular flexibility index (Phi) is 4.36. The van der Waals surface area contributed by atoms with Gasteiger partial charge in [-0.1, -0.05) is 0 Å². The molecule has 0 aromatic carbocycles. The van der Waals surface area contributed by atoms with E-state index in [9.17, 15) is 18.3 Å². The first-order valence-electron chi connectivity index (χ1n) is 6.13. The van der Waals surface area contributed by atoms with Gasteiger partial charge in [0.15, 0.2) is 9.90 Å². The highest BCUT2D eigenvalue weighted by Gasteiger charge is 2.41. The first kappa shape index (κ1) is 16.3. The SMILES string of the molecule is CC1(C)CN(S(=O)(=O)c2scnc2C(=O)O)CC(CO)O1. The number of sulfonamides is 1. The van der Waals surface area contributed by atoms with Crippen molar-refractivity contribution in [2.45, 2.75) is 29.8 Å². The maximum Gasteiger partial charge on any atom is 0.356 e. The van der Waals surface area contributed by atoms with Crippen molar-refractivity contribution in [3.05, 3.63) is 11.2 Å². The number of thiazole rings is 1. The van der Waals surface area contributed by atoms with Gasteiger partial charge in [-0.15, -0.1) is 11.3 Å². The number of nitrogens with zero attached hydrogens (tertiary/aromatic N) is 2. The Morgan fingerprint density at radius 2 is 2.29 bits per heavy atom. The lowest BCUT2D eigenvalue weighted by atomic mass is 10.1. The number of morpholine rings is 1. The summed E-state index contributed by atoms with van der Waals surface area (Å²) in [5, 5.41) is 18.2. The number of hydrogen-bond acceptors (Lipinski definition) is 7. The summed E-state index contributed by atoms with van der Waals surface area (Å²) in [5.74, 6) is -1.39. The van der Waals surface area contributed by atoms with Gasteiger partial charge in [-0.05, 0) is 13.8 Å². The molecule has 1 atom stereocenters. The molecule has 8 nitrogen and oxygen atoms in total. The summed E-state index contributed by atoms with van der Waals surface area (Å²) >= 11 is 0.763. The molecule has 0 radical (unpaired) electrons. The van der Waals surface area contributed by atoms with E-state index in [1.54, 1.807) is 13.8 Å². The molecule has 0 spiro atoms. The standard InChI is InChI=1S/C11H16N2O6S2/c1-11(2)5-13(3-7(4-14)19-11)21(17,18)10-8(9(15)16)12-6-20-10/h6-7,14H,3-5H2,1-2H3,(H,15,16). The maximum atomic E-state index is 12.6. The normalized spacial score (nSPS) is 23.1. The van der Waals surface area contributed by atoms with E-state index in [0.717, 1.165) is 15.6 Å². The van der Waals surface area contributed by atoms with Gasteiger partial charge in [0.25, 0.3) is 10.0 Å². The summed E-state index contributed by atoms with van der Waals surface area (Å²) in [6, 6.07) is 0. The van der Waals surface area contributed by atoms with Crippen LogP contribution in [0.1, 0.15) is 24.3 Å². The van der Waals surface area contributed by atoms with Gasteiger partial charge < -0.3 is 14.9 Å². The smallest absolute Gasteiger partial charge is 0.356 e. The molecule has 0 amide bonds. The van der Waals surface area contributed by atoms with Crippen LogP contribution >= 0.6 is 11.3 Å². The molecule has 1 saturated heterocycles. The number of aromatic carboxylic acids is 1. The van der Waals surface area contributed by atoms with E-state index >= 15 is 0 Å². The minimum Gasteiger partial charge on any atom is -0.476 e. The number of ether oxygens (including phenoxy) is 1. The highest BCUT2D eigenvalue weighted by molar-refractivity contribution is 7.91. The van der Waals surface area contributed by atoms with Crippen molar-refractivity contribution in [1.29, 1.82) is 0 Å². The molecule has 1 aliphatic heterocycles. The minimum absolute atomic E-state index is 0.0285. The van der Waals surface area contributed by atoms with Gasteiger partial charge >= 0.3 is 5.97 Å². The molecule has 0 bridgehead atoms. The molecule has 2 heterocycles. The van der Waals surface area contributed by atoms with Gasteiger partial charge in [0, 0.05) is 13.1 Å². The monoisotopic (exact) mass is 336 g/mol.